The van der Waals surface area contributed by atoms with E-state index in [1.807, 2.05) is 35.8 Å². The Hall–Kier alpha value is -2.78. The van der Waals surface area contributed by atoms with Gasteiger partial charge in [0, 0.05) is 26.1 Å². The Morgan fingerprint density at radius 1 is 1.19 bits per heavy atom. The van der Waals surface area contributed by atoms with Crippen molar-refractivity contribution in [2.24, 2.45) is 0 Å². The number of fused-ring (bicyclic) bond motifs is 1. The largest absolute Gasteiger partial charge is 0.440 e. The van der Waals surface area contributed by atoms with Crippen molar-refractivity contribution in [3.8, 4) is 0 Å². The Bertz CT molecular complexity index is 774. The van der Waals surface area contributed by atoms with Gasteiger partial charge in [-0.3, -0.25) is 4.79 Å². The highest BCUT2D eigenvalue weighted by Gasteiger charge is 2.29. The van der Waals surface area contributed by atoms with Crippen molar-refractivity contribution in [2.45, 2.75) is 26.1 Å². The summed E-state index contributed by atoms with van der Waals surface area (Å²) in [5.74, 6) is 0.498. The number of ether oxygens (including phenoxy) is 1. The van der Waals surface area contributed by atoms with Crippen LogP contribution in [-0.4, -0.2) is 47.4 Å². The SMILES string of the molecule is Cc1nc2ccccc2n1CCNC(=O)CCNC(=O)OCC(F)(F)F. The molecule has 1 heterocycles. The van der Waals surface area contributed by atoms with E-state index in [1.165, 1.54) is 0 Å². The predicted octanol–water partition coefficient (Wildman–Crippen LogP) is 2.14. The van der Waals surface area contributed by atoms with E-state index < -0.39 is 18.9 Å². The standard InChI is InChI=1S/C16H19F3N4O3/c1-11-22-12-4-2-3-5-13(12)23(11)9-8-20-14(24)6-7-21-15(25)26-10-16(17,18)19/h2-5H,6-10H2,1H3,(H,20,24)(H,21,25). The molecule has 0 radical (unpaired) electrons. The molecule has 0 unspecified atom stereocenters. The van der Waals surface area contributed by atoms with Crippen LogP contribution in [0.5, 0.6) is 0 Å². The van der Waals surface area contributed by atoms with Gasteiger partial charge >= 0.3 is 12.3 Å². The summed E-state index contributed by atoms with van der Waals surface area (Å²) in [4.78, 5) is 27.2. The zero-order chi connectivity index (χ0) is 19.2. The lowest BCUT2D eigenvalue weighted by molar-refractivity contribution is -0.160. The van der Waals surface area contributed by atoms with Crippen molar-refractivity contribution < 1.29 is 27.5 Å². The number of aryl methyl sites for hydroxylation is 1. The minimum atomic E-state index is -4.58. The lowest BCUT2D eigenvalue weighted by atomic mass is 10.3. The third kappa shape index (κ3) is 5.94. The number of amides is 2. The fraction of sp³-hybridized carbons (Fsp3) is 0.438. The topological polar surface area (TPSA) is 85.3 Å². The molecule has 1 aromatic carbocycles. The van der Waals surface area contributed by atoms with Crippen LogP contribution in [0.15, 0.2) is 24.3 Å². The van der Waals surface area contributed by atoms with Gasteiger partial charge in [0.1, 0.15) is 5.82 Å². The minimum Gasteiger partial charge on any atom is -0.440 e. The van der Waals surface area contributed by atoms with E-state index in [1.54, 1.807) is 0 Å². The molecule has 26 heavy (non-hydrogen) atoms. The second-order valence-corrected chi connectivity index (χ2v) is 5.52. The summed E-state index contributed by atoms with van der Waals surface area (Å²) < 4.78 is 41.5. The number of para-hydroxylation sites is 2. The zero-order valence-corrected chi connectivity index (χ0v) is 14.1. The van der Waals surface area contributed by atoms with E-state index in [0.29, 0.717) is 13.1 Å². The van der Waals surface area contributed by atoms with Crippen LogP contribution in [0.25, 0.3) is 11.0 Å². The average molecular weight is 372 g/mol. The van der Waals surface area contributed by atoms with E-state index in [0.717, 1.165) is 16.9 Å². The number of carbonyl (C=O) groups excluding carboxylic acids is 2. The Morgan fingerprint density at radius 2 is 1.92 bits per heavy atom. The smallest absolute Gasteiger partial charge is 0.422 e. The van der Waals surface area contributed by atoms with Crippen LogP contribution >= 0.6 is 0 Å². The molecule has 2 amide bonds. The summed E-state index contributed by atoms with van der Waals surface area (Å²) in [5, 5.41) is 4.77. The maximum Gasteiger partial charge on any atom is 0.422 e. The molecule has 0 saturated heterocycles. The number of carbonyl (C=O) groups is 2. The Balaban J connectivity index is 1.67. The first-order chi connectivity index (χ1) is 12.3. The number of halogens is 3. The second kappa shape index (κ2) is 8.54. The Labute approximate surface area is 147 Å². The Kier molecular flexibility index (Phi) is 6.42. The molecule has 2 aromatic rings. The van der Waals surface area contributed by atoms with Crippen LogP contribution in [0.2, 0.25) is 0 Å². The van der Waals surface area contributed by atoms with Gasteiger partial charge in [-0.15, -0.1) is 0 Å². The summed E-state index contributed by atoms with van der Waals surface area (Å²) in [6.45, 7) is 0.981. The van der Waals surface area contributed by atoms with Crippen molar-refractivity contribution >= 4 is 23.0 Å². The van der Waals surface area contributed by atoms with Crippen LogP contribution in [0, 0.1) is 6.92 Å². The summed E-state index contributed by atoms with van der Waals surface area (Å²) in [6, 6.07) is 7.64. The molecule has 10 heteroatoms. The van der Waals surface area contributed by atoms with Gasteiger partial charge in [0.25, 0.3) is 0 Å². The van der Waals surface area contributed by atoms with Crippen LogP contribution in [0.3, 0.4) is 0 Å². The number of alkyl halides is 3. The van der Waals surface area contributed by atoms with Crippen LogP contribution in [0.1, 0.15) is 12.2 Å². The summed E-state index contributed by atoms with van der Waals surface area (Å²) >= 11 is 0. The van der Waals surface area contributed by atoms with Gasteiger partial charge in [0.15, 0.2) is 6.61 Å². The monoisotopic (exact) mass is 372 g/mol. The molecule has 0 spiro atoms. The number of nitrogens with one attached hydrogen (secondary N) is 2. The molecule has 0 aliphatic heterocycles. The van der Waals surface area contributed by atoms with Gasteiger partial charge in [-0.2, -0.15) is 13.2 Å². The third-order valence-electron chi connectivity index (χ3n) is 3.49. The van der Waals surface area contributed by atoms with Crippen molar-refractivity contribution in [3.05, 3.63) is 30.1 Å². The Morgan fingerprint density at radius 3 is 2.65 bits per heavy atom. The number of imidazole rings is 1. The molecule has 0 saturated carbocycles. The molecule has 0 aliphatic carbocycles. The maximum absolute atomic E-state index is 11.9. The highest BCUT2D eigenvalue weighted by molar-refractivity contribution is 5.77. The quantitative estimate of drug-likeness (QED) is 0.780. The van der Waals surface area contributed by atoms with Gasteiger partial charge in [-0.25, -0.2) is 9.78 Å². The lowest BCUT2D eigenvalue weighted by Gasteiger charge is -2.10. The fourth-order valence-corrected chi connectivity index (χ4v) is 2.35. The van der Waals surface area contributed by atoms with Gasteiger partial charge in [0.2, 0.25) is 5.91 Å². The number of alkyl carbamates (subject to hydrolysis) is 1. The van der Waals surface area contributed by atoms with Crippen molar-refractivity contribution in [3.63, 3.8) is 0 Å². The van der Waals surface area contributed by atoms with E-state index >= 15 is 0 Å². The third-order valence-corrected chi connectivity index (χ3v) is 3.49. The first-order valence-electron chi connectivity index (χ1n) is 7.92. The first kappa shape index (κ1) is 19.5. The average Bonchev–Trinajstić information content (AvgIpc) is 2.88. The molecule has 0 fully saturated rings. The molecule has 0 atom stereocenters. The number of hydrogen-bond acceptors (Lipinski definition) is 4. The molecule has 2 N–H and O–H groups in total. The summed E-state index contributed by atoms with van der Waals surface area (Å²) in [6.07, 6.45) is -5.86. The van der Waals surface area contributed by atoms with E-state index in [4.69, 9.17) is 0 Å². The number of aromatic nitrogens is 2. The number of nitrogens with zero attached hydrogens (tertiary/aromatic N) is 2. The summed E-state index contributed by atoms with van der Waals surface area (Å²) in [7, 11) is 0. The van der Waals surface area contributed by atoms with Gasteiger partial charge in [-0.05, 0) is 19.1 Å². The second-order valence-electron chi connectivity index (χ2n) is 5.52. The van der Waals surface area contributed by atoms with E-state index in [-0.39, 0.29) is 18.9 Å². The molecule has 1 aromatic heterocycles. The van der Waals surface area contributed by atoms with E-state index in [9.17, 15) is 22.8 Å². The van der Waals surface area contributed by atoms with Crippen LogP contribution < -0.4 is 10.6 Å². The predicted molar refractivity (Wildman–Crippen MR) is 87.5 cm³/mol. The molecular formula is C16H19F3N4O3. The molecule has 2 rings (SSSR count). The summed E-state index contributed by atoms with van der Waals surface area (Å²) in [5.41, 5.74) is 1.84. The van der Waals surface area contributed by atoms with E-state index in [2.05, 4.69) is 20.4 Å². The zero-order valence-electron chi connectivity index (χ0n) is 14.1. The first-order valence-corrected chi connectivity index (χ1v) is 7.92. The lowest BCUT2D eigenvalue weighted by Crippen LogP contribution is -2.33. The number of rotatable bonds is 7. The van der Waals surface area contributed by atoms with Crippen LogP contribution in [-0.2, 0) is 16.1 Å². The highest BCUT2D eigenvalue weighted by atomic mass is 19.4. The van der Waals surface area contributed by atoms with Gasteiger partial charge in [0.05, 0.1) is 11.0 Å². The maximum atomic E-state index is 11.9. The molecular weight excluding hydrogens is 353 g/mol. The molecule has 0 aliphatic rings. The molecule has 0 bridgehead atoms. The minimum absolute atomic E-state index is 0.0647. The normalized spacial score (nSPS) is 11.4. The molecule has 142 valence electrons. The van der Waals surface area contributed by atoms with Gasteiger partial charge < -0.3 is 19.9 Å². The van der Waals surface area contributed by atoms with Crippen molar-refractivity contribution in [2.75, 3.05) is 19.7 Å². The van der Waals surface area contributed by atoms with Crippen LogP contribution in [0.4, 0.5) is 18.0 Å². The highest BCUT2D eigenvalue weighted by Crippen LogP contribution is 2.15. The van der Waals surface area contributed by atoms with Gasteiger partial charge in [-0.1, -0.05) is 12.1 Å². The number of hydrogen-bond donors (Lipinski definition) is 2. The number of benzene rings is 1. The van der Waals surface area contributed by atoms with Crippen molar-refractivity contribution in [1.29, 1.82) is 0 Å². The van der Waals surface area contributed by atoms with Crippen molar-refractivity contribution in [1.82, 2.24) is 20.2 Å². The fourth-order valence-electron chi connectivity index (χ4n) is 2.35. The molecule has 7 nitrogen and oxygen atoms in total.